The quantitative estimate of drug-likeness (QED) is 0.141. The van der Waals surface area contributed by atoms with Crippen molar-refractivity contribution in [2.45, 2.75) is 16.6 Å². The molecule has 146 valence electrons. The molecule has 1 aliphatic heterocycles. The molecule has 0 aliphatic carbocycles. The Kier molecular flexibility index (Phi) is 8.37. The van der Waals surface area contributed by atoms with Crippen LogP contribution < -0.4 is 0 Å². The summed E-state index contributed by atoms with van der Waals surface area (Å²) in [4.78, 5) is 6.26. The number of nitrogens with zero attached hydrogens (tertiary/aromatic N) is 1. The molecule has 0 spiro atoms. The van der Waals surface area contributed by atoms with Crippen LogP contribution in [0.1, 0.15) is 22.8 Å². The molecule has 0 radical (unpaired) electrons. The molecule has 1 atom stereocenters. The number of halogens is 1. The summed E-state index contributed by atoms with van der Waals surface area (Å²) in [5, 5.41) is 0.409. The number of hydrogen-bond donors (Lipinski definition) is 0. The van der Waals surface area contributed by atoms with Gasteiger partial charge in [0.05, 0.1) is 5.69 Å². The van der Waals surface area contributed by atoms with E-state index in [9.17, 15) is 0 Å². The third-order valence-electron chi connectivity index (χ3n) is 4.56. The van der Waals surface area contributed by atoms with Crippen LogP contribution in [0.3, 0.4) is 0 Å². The molecule has 1 nitrogen and oxygen atoms in total. The van der Waals surface area contributed by atoms with Gasteiger partial charge in [0.1, 0.15) is 0 Å². The smallest absolute Gasteiger partial charge is 0.252 e. The number of fused-ring (bicyclic) bond motifs is 1. The maximum absolute atomic E-state index is 4.99. The van der Waals surface area contributed by atoms with Gasteiger partial charge in [0.25, 0.3) is 0 Å². The summed E-state index contributed by atoms with van der Waals surface area (Å²) in [6.45, 7) is 0. The summed E-state index contributed by atoms with van der Waals surface area (Å²) in [6.07, 6.45) is 0.948. The molecule has 0 saturated carbocycles. The number of para-hydroxylation sites is 1. The average Bonchev–Trinajstić information content (AvgIpc) is 3.43. The molecule has 0 amide bonds. The van der Waals surface area contributed by atoms with Crippen LogP contribution in [0, 0.1) is 3.57 Å². The Morgan fingerprint density at radius 2 is 1.62 bits per heavy atom. The van der Waals surface area contributed by atoms with Gasteiger partial charge in [-0.25, -0.2) is 18.2 Å². The van der Waals surface area contributed by atoms with Gasteiger partial charge < -0.3 is 0 Å². The van der Waals surface area contributed by atoms with Gasteiger partial charge in [-0.15, -0.1) is 11.8 Å². The van der Waals surface area contributed by atoms with Gasteiger partial charge >= 0.3 is 17.1 Å². The molecule has 0 bridgehead atoms. The topological polar surface area (TPSA) is 12.4 Å². The van der Waals surface area contributed by atoms with Gasteiger partial charge in [-0.3, -0.25) is 4.99 Å². The zero-order valence-corrected chi connectivity index (χ0v) is 19.8. The van der Waals surface area contributed by atoms with Crippen molar-refractivity contribution in [2.24, 2.45) is 4.99 Å². The molecule has 29 heavy (non-hydrogen) atoms. The number of thioether (sulfide) groups is 1. The summed E-state index contributed by atoms with van der Waals surface area (Å²) in [7, 11) is 0. The van der Waals surface area contributed by atoms with Crippen molar-refractivity contribution in [3.05, 3.63) is 118 Å². The monoisotopic (exact) mass is 549 g/mol. The van der Waals surface area contributed by atoms with Gasteiger partial charge in [0.2, 0.25) is 0 Å². The van der Waals surface area contributed by atoms with Crippen molar-refractivity contribution in [1.82, 2.24) is 0 Å². The van der Waals surface area contributed by atoms with Gasteiger partial charge in [-0.1, -0.05) is 24.3 Å². The maximum Gasteiger partial charge on any atom is 2.00 e. The van der Waals surface area contributed by atoms with Crippen LogP contribution in [0.15, 0.2) is 113 Å². The van der Waals surface area contributed by atoms with E-state index in [0.717, 1.165) is 12.1 Å². The van der Waals surface area contributed by atoms with Crippen molar-refractivity contribution in [2.75, 3.05) is 0 Å². The minimum absolute atomic E-state index is 0. The van der Waals surface area contributed by atoms with Crippen LogP contribution in [0.2, 0.25) is 0 Å². The van der Waals surface area contributed by atoms with Crippen LogP contribution in [-0.4, -0.2) is 5.71 Å². The first-order chi connectivity index (χ1) is 13.8. The fourth-order valence-electron chi connectivity index (χ4n) is 3.15. The summed E-state index contributed by atoms with van der Waals surface area (Å²) in [5.74, 6) is 0. The third kappa shape index (κ3) is 5.95. The van der Waals surface area contributed by atoms with Crippen LogP contribution in [0.5, 0.6) is 0 Å². The van der Waals surface area contributed by atoms with Gasteiger partial charge in [-0.05, 0) is 64.1 Å². The van der Waals surface area contributed by atoms with E-state index in [2.05, 4.69) is 95.4 Å². The minimum Gasteiger partial charge on any atom is -0.252 e. The van der Waals surface area contributed by atoms with Crippen LogP contribution in [0.4, 0.5) is 5.69 Å². The van der Waals surface area contributed by atoms with Crippen LogP contribution >= 0.6 is 34.4 Å². The van der Waals surface area contributed by atoms with E-state index in [4.69, 9.17) is 4.99 Å². The van der Waals surface area contributed by atoms with Crippen LogP contribution in [-0.2, 0) is 17.1 Å². The van der Waals surface area contributed by atoms with Crippen LogP contribution in [0.25, 0.3) is 0 Å². The molecule has 4 heteroatoms. The summed E-state index contributed by atoms with van der Waals surface area (Å²) < 4.78 is 1.25. The van der Waals surface area contributed by atoms with Crippen molar-refractivity contribution in [3.63, 3.8) is 0 Å². The Morgan fingerprint density at radius 3 is 2.28 bits per heavy atom. The van der Waals surface area contributed by atoms with Gasteiger partial charge in [0.15, 0.2) is 0 Å². The zero-order valence-electron chi connectivity index (χ0n) is 15.7. The SMILES string of the molecule is Ic1ccc(C2=Nc3ccccc3SC(c3cc[cH-]c3)C2)cc1.[Fe+2].c1cc[cH-]c1. The first kappa shape index (κ1) is 22.1. The fraction of sp³-hybridized carbons (Fsp3) is 0.0800. The summed E-state index contributed by atoms with van der Waals surface area (Å²) in [6, 6.07) is 35.8. The van der Waals surface area contributed by atoms with E-state index in [1.165, 1.54) is 25.3 Å². The van der Waals surface area contributed by atoms with Crippen molar-refractivity contribution < 1.29 is 17.1 Å². The molecule has 0 aromatic heterocycles. The molecular formula is C25H20FeINS. The largest absolute Gasteiger partial charge is 2.00 e. The number of aliphatic imine (C=N–C) groups is 1. The molecule has 0 saturated heterocycles. The number of benzene rings is 2. The molecule has 4 aromatic carbocycles. The standard InChI is InChI=1S/C20H15INS.C5H5.Fe/c21-16-11-9-14(10-12-16)18-13-20(15-5-1-2-6-15)23-19-8-4-3-7-17(19)22-18;1-2-4-5-3-1;/h1-12,20H,13H2;1-5H;/q2*-1;+2. The Bertz CT molecular complexity index is 1000. The van der Waals surface area contributed by atoms with Crippen molar-refractivity contribution in [1.29, 1.82) is 0 Å². The second-order valence-corrected chi connectivity index (χ2v) is 9.01. The van der Waals surface area contributed by atoms with E-state index in [-0.39, 0.29) is 17.1 Å². The maximum atomic E-state index is 4.99. The predicted octanol–water partition coefficient (Wildman–Crippen LogP) is 7.77. The molecule has 5 rings (SSSR count). The number of rotatable bonds is 2. The fourth-order valence-corrected chi connectivity index (χ4v) is 4.74. The molecule has 0 fully saturated rings. The Labute approximate surface area is 201 Å². The summed E-state index contributed by atoms with van der Waals surface area (Å²) in [5.41, 5.74) is 4.86. The molecule has 1 unspecified atom stereocenters. The first-order valence-electron chi connectivity index (χ1n) is 9.27. The Morgan fingerprint density at radius 1 is 0.862 bits per heavy atom. The van der Waals surface area contributed by atoms with E-state index in [1.807, 2.05) is 42.1 Å². The predicted molar refractivity (Wildman–Crippen MR) is 129 cm³/mol. The molecule has 1 aliphatic rings. The number of hydrogen-bond acceptors (Lipinski definition) is 2. The second-order valence-electron chi connectivity index (χ2n) is 6.52. The molecule has 1 heterocycles. The molecule has 0 N–H and O–H groups in total. The Balaban J connectivity index is 0.000000352. The van der Waals surface area contributed by atoms with Crippen molar-refractivity contribution >= 4 is 45.8 Å². The van der Waals surface area contributed by atoms with E-state index in [1.54, 1.807) is 0 Å². The average molecular weight is 549 g/mol. The molecule has 4 aromatic rings. The van der Waals surface area contributed by atoms with E-state index >= 15 is 0 Å². The minimum atomic E-state index is 0. The normalized spacial score (nSPS) is 15.1. The third-order valence-corrected chi connectivity index (χ3v) is 6.60. The van der Waals surface area contributed by atoms with Gasteiger partial charge in [0, 0.05) is 14.2 Å². The second kappa shape index (κ2) is 11.0. The zero-order chi connectivity index (χ0) is 19.2. The van der Waals surface area contributed by atoms with E-state index < -0.39 is 0 Å². The Hall–Kier alpha value is -1.59. The van der Waals surface area contributed by atoms with E-state index in [0.29, 0.717) is 5.25 Å². The van der Waals surface area contributed by atoms with Gasteiger partial charge in [-0.2, -0.15) is 42.0 Å². The van der Waals surface area contributed by atoms with Crippen molar-refractivity contribution in [3.8, 4) is 0 Å². The first-order valence-corrected chi connectivity index (χ1v) is 11.2. The summed E-state index contributed by atoms with van der Waals surface area (Å²) >= 11 is 4.26. The molecular weight excluding hydrogens is 529 g/mol.